The zero-order valence-corrected chi connectivity index (χ0v) is 19.0. The van der Waals surface area contributed by atoms with Crippen LogP contribution in [0.4, 0.5) is 5.69 Å². The maximum atomic E-state index is 14.2. The van der Waals surface area contributed by atoms with Crippen LogP contribution in [0.15, 0.2) is 72.8 Å². The van der Waals surface area contributed by atoms with E-state index in [-0.39, 0.29) is 17.7 Å². The Morgan fingerprint density at radius 3 is 2.03 bits per heavy atom. The summed E-state index contributed by atoms with van der Waals surface area (Å²) in [6, 6.07) is 23.0. The predicted molar refractivity (Wildman–Crippen MR) is 124 cm³/mol. The summed E-state index contributed by atoms with van der Waals surface area (Å²) < 4.78 is 11.8. The van der Waals surface area contributed by atoms with Crippen molar-refractivity contribution in [3.05, 3.63) is 100 Å². The molecule has 33 heavy (non-hydrogen) atoms. The van der Waals surface area contributed by atoms with Crippen LogP contribution >= 0.6 is 11.6 Å². The molecular weight excluding hydrogens is 438 g/mol. The normalized spacial score (nSPS) is 27.0. The van der Waals surface area contributed by atoms with Crippen molar-refractivity contribution < 1.29 is 19.1 Å². The number of methoxy groups -OCH3 is 2. The third-order valence-electron chi connectivity index (χ3n) is 7.55. The first kappa shape index (κ1) is 20.6. The number of benzene rings is 3. The Morgan fingerprint density at radius 1 is 0.848 bits per heavy atom. The lowest BCUT2D eigenvalue weighted by Crippen LogP contribution is -2.60. The molecule has 3 aliphatic carbocycles. The molecule has 0 N–H and O–H groups in total. The molecule has 2 bridgehead atoms. The number of nitrogens with zero attached hydrogens (tertiary/aromatic N) is 1. The van der Waals surface area contributed by atoms with Gasteiger partial charge in [-0.05, 0) is 40.5 Å². The maximum absolute atomic E-state index is 14.2. The lowest BCUT2D eigenvalue weighted by atomic mass is 9.47. The Bertz CT molecular complexity index is 1250. The molecule has 6 heteroatoms. The minimum Gasteiger partial charge on any atom is -0.355 e. The fraction of sp³-hybridized carbons (Fsp3) is 0.259. The van der Waals surface area contributed by atoms with E-state index in [2.05, 4.69) is 12.1 Å². The number of carbonyl (C=O) groups is 2. The Morgan fingerprint density at radius 2 is 1.45 bits per heavy atom. The van der Waals surface area contributed by atoms with Crippen LogP contribution in [0.25, 0.3) is 0 Å². The molecule has 0 spiro atoms. The molecule has 1 saturated heterocycles. The topological polar surface area (TPSA) is 55.8 Å². The van der Waals surface area contributed by atoms with E-state index in [1.54, 1.807) is 38.5 Å². The van der Waals surface area contributed by atoms with Crippen LogP contribution in [0.3, 0.4) is 0 Å². The number of ether oxygens (including phenoxy) is 2. The van der Waals surface area contributed by atoms with E-state index in [9.17, 15) is 9.59 Å². The summed E-state index contributed by atoms with van der Waals surface area (Å²) in [6.07, 6.45) is -0.760. The van der Waals surface area contributed by atoms with Crippen LogP contribution in [0.2, 0.25) is 5.02 Å². The number of carbonyl (C=O) groups excluding carboxylic acids is 2. The van der Waals surface area contributed by atoms with Crippen LogP contribution in [0.1, 0.15) is 28.2 Å². The maximum Gasteiger partial charge on any atom is 0.239 e. The Balaban J connectivity index is 1.68. The van der Waals surface area contributed by atoms with Gasteiger partial charge in [-0.1, -0.05) is 66.2 Å². The van der Waals surface area contributed by atoms with Crippen LogP contribution in [0, 0.1) is 11.8 Å². The van der Waals surface area contributed by atoms with Gasteiger partial charge in [0.25, 0.3) is 0 Å². The van der Waals surface area contributed by atoms with Crippen molar-refractivity contribution in [2.24, 2.45) is 11.8 Å². The number of halogens is 1. The SMILES string of the molecule is COC(OC)C12c3ccccc3C(c3ccccc31)[C@@H]1C(=O)N(c3cccc(Cl)c3)C(=O)[C@@H]12. The fourth-order valence-corrected chi connectivity index (χ4v) is 6.75. The van der Waals surface area contributed by atoms with Gasteiger partial charge in [0.2, 0.25) is 11.8 Å². The molecule has 166 valence electrons. The zero-order chi connectivity index (χ0) is 22.9. The number of amides is 2. The molecule has 4 aliphatic rings. The van der Waals surface area contributed by atoms with E-state index in [1.807, 2.05) is 36.4 Å². The summed E-state index contributed by atoms with van der Waals surface area (Å²) in [5.41, 5.74) is 3.59. The summed E-state index contributed by atoms with van der Waals surface area (Å²) in [5.74, 6) is -1.91. The smallest absolute Gasteiger partial charge is 0.239 e. The average molecular weight is 460 g/mol. The van der Waals surface area contributed by atoms with Gasteiger partial charge in [-0.25, -0.2) is 4.90 Å². The highest BCUT2D eigenvalue weighted by Crippen LogP contribution is 2.65. The molecule has 1 fully saturated rings. The molecule has 3 aromatic rings. The van der Waals surface area contributed by atoms with E-state index < -0.39 is 23.5 Å². The van der Waals surface area contributed by atoms with E-state index in [4.69, 9.17) is 21.1 Å². The molecule has 1 aliphatic heterocycles. The molecule has 0 unspecified atom stereocenters. The van der Waals surface area contributed by atoms with Gasteiger partial charge in [-0.15, -0.1) is 0 Å². The lowest BCUT2D eigenvalue weighted by Gasteiger charge is -2.56. The van der Waals surface area contributed by atoms with Crippen LogP contribution in [-0.4, -0.2) is 32.3 Å². The van der Waals surface area contributed by atoms with E-state index in [0.717, 1.165) is 22.3 Å². The highest BCUT2D eigenvalue weighted by molar-refractivity contribution is 6.31. The molecular formula is C27H22ClNO4. The molecule has 0 aromatic heterocycles. The quantitative estimate of drug-likeness (QED) is 0.425. The number of anilines is 1. The summed E-state index contributed by atoms with van der Waals surface area (Å²) in [6.45, 7) is 0. The third kappa shape index (κ3) is 2.45. The minimum atomic E-state index is -0.962. The number of hydrogen-bond donors (Lipinski definition) is 0. The molecule has 2 amide bonds. The standard InChI is InChI=1S/C27H22ClNO4/c1-32-26(33-2)27-19-12-5-3-10-17(19)21(18-11-4-6-13-20(18)27)22-23(27)25(31)29(24(22)30)16-9-7-8-15(28)14-16/h3-14,21-23,26H,1-2H3/t21?,22-,23+,27?/m0/s1. The van der Waals surface area contributed by atoms with Gasteiger partial charge < -0.3 is 9.47 Å². The van der Waals surface area contributed by atoms with Crippen molar-refractivity contribution in [1.82, 2.24) is 0 Å². The van der Waals surface area contributed by atoms with Gasteiger partial charge in [0.1, 0.15) is 0 Å². The zero-order valence-electron chi connectivity index (χ0n) is 18.2. The van der Waals surface area contributed by atoms with Crippen LogP contribution in [0.5, 0.6) is 0 Å². The van der Waals surface area contributed by atoms with Crippen molar-refractivity contribution in [3.63, 3.8) is 0 Å². The largest absolute Gasteiger partial charge is 0.355 e. The minimum absolute atomic E-state index is 0.211. The van der Waals surface area contributed by atoms with Crippen molar-refractivity contribution in [1.29, 1.82) is 0 Å². The first-order valence-corrected chi connectivity index (χ1v) is 11.3. The van der Waals surface area contributed by atoms with Crippen molar-refractivity contribution in [2.75, 3.05) is 19.1 Å². The molecule has 2 atom stereocenters. The first-order chi connectivity index (χ1) is 16.1. The van der Waals surface area contributed by atoms with Crippen LogP contribution < -0.4 is 4.90 Å². The lowest BCUT2D eigenvalue weighted by molar-refractivity contribution is -0.168. The van der Waals surface area contributed by atoms with Gasteiger partial charge >= 0.3 is 0 Å². The predicted octanol–water partition coefficient (Wildman–Crippen LogP) is 4.51. The highest BCUT2D eigenvalue weighted by atomic mass is 35.5. The van der Waals surface area contributed by atoms with E-state index >= 15 is 0 Å². The first-order valence-electron chi connectivity index (χ1n) is 10.9. The molecule has 1 heterocycles. The van der Waals surface area contributed by atoms with E-state index in [0.29, 0.717) is 10.7 Å². The van der Waals surface area contributed by atoms with Gasteiger partial charge in [-0.2, -0.15) is 0 Å². The molecule has 0 saturated carbocycles. The summed E-state index contributed by atoms with van der Waals surface area (Å²) in [4.78, 5) is 29.5. The van der Waals surface area contributed by atoms with E-state index in [1.165, 1.54) is 4.90 Å². The molecule has 7 rings (SSSR count). The third-order valence-corrected chi connectivity index (χ3v) is 7.79. The Hall–Kier alpha value is -2.99. The van der Waals surface area contributed by atoms with Gasteiger partial charge in [-0.3, -0.25) is 9.59 Å². The Labute approximate surface area is 196 Å². The second kappa shape index (κ2) is 7.26. The molecule has 5 nitrogen and oxygen atoms in total. The summed E-state index contributed by atoms with van der Waals surface area (Å²) >= 11 is 6.22. The van der Waals surface area contributed by atoms with Crippen molar-refractivity contribution in [2.45, 2.75) is 17.6 Å². The highest BCUT2D eigenvalue weighted by Gasteiger charge is 2.71. The number of imide groups is 1. The second-order valence-electron chi connectivity index (χ2n) is 8.82. The summed E-state index contributed by atoms with van der Waals surface area (Å²) in [5, 5.41) is 0.471. The monoisotopic (exact) mass is 459 g/mol. The number of hydrogen-bond acceptors (Lipinski definition) is 4. The van der Waals surface area contributed by atoms with Gasteiger partial charge in [0.05, 0.1) is 22.9 Å². The van der Waals surface area contributed by atoms with Crippen molar-refractivity contribution >= 4 is 29.1 Å². The second-order valence-corrected chi connectivity index (χ2v) is 9.26. The fourth-order valence-electron chi connectivity index (χ4n) is 6.57. The van der Waals surface area contributed by atoms with Gasteiger partial charge in [0.15, 0.2) is 6.29 Å². The molecule has 0 radical (unpaired) electrons. The van der Waals surface area contributed by atoms with Gasteiger partial charge in [0, 0.05) is 25.2 Å². The van der Waals surface area contributed by atoms with Crippen molar-refractivity contribution in [3.8, 4) is 0 Å². The summed E-state index contributed by atoms with van der Waals surface area (Å²) in [7, 11) is 3.17. The molecule has 3 aromatic carbocycles. The Kier molecular flexibility index (Phi) is 4.53. The van der Waals surface area contributed by atoms with Crippen LogP contribution in [-0.2, 0) is 24.5 Å². The average Bonchev–Trinajstić information content (AvgIpc) is 3.11. The number of rotatable bonds is 4.